The van der Waals surface area contributed by atoms with Crippen LogP contribution in [0.3, 0.4) is 0 Å². The van der Waals surface area contributed by atoms with Gasteiger partial charge in [0.2, 0.25) is 0 Å². The number of methoxy groups -OCH3 is 1. The van der Waals surface area contributed by atoms with Gasteiger partial charge in [-0.1, -0.05) is 6.07 Å². The zero-order valence-electron chi connectivity index (χ0n) is 13.3. The van der Waals surface area contributed by atoms with Gasteiger partial charge in [-0.2, -0.15) is 0 Å². The van der Waals surface area contributed by atoms with Gasteiger partial charge in [0.25, 0.3) is 23.2 Å². The Bertz CT molecular complexity index is 897. The minimum absolute atomic E-state index is 0.183. The van der Waals surface area contributed by atoms with Gasteiger partial charge < -0.3 is 4.74 Å². The number of hydrogen-bond acceptors (Lipinski definition) is 7. The lowest BCUT2D eigenvalue weighted by atomic mass is 10.1. The van der Waals surface area contributed by atoms with Gasteiger partial charge in [-0.25, -0.2) is 0 Å². The highest BCUT2D eigenvalue weighted by atomic mass is 16.6. The lowest BCUT2D eigenvalue weighted by Gasteiger charge is -2.08. The summed E-state index contributed by atoms with van der Waals surface area (Å²) in [6, 6.07) is 8.63. The van der Waals surface area contributed by atoms with Crippen molar-refractivity contribution in [3.8, 4) is 5.75 Å². The van der Waals surface area contributed by atoms with Crippen molar-refractivity contribution in [2.45, 2.75) is 0 Å². The molecule has 0 unspecified atom stereocenters. The molecule has 11 heteroatoms. The molecule has 0 atom stereocenters. The van der Waals surface area contributed by atoms with Crippen LogP contribution >= 0.6 is 0 Å². The molecule has 2 N–H and O–H groups in total. The van der Waals surface area contributed by atoms with Crippen molar-refractivity contribution in [3.05, 3.63) is 73.8 Å². The molecule has 0 aliphatic heterocycles. The van der Waals surface area contributed by atoms with Crippen LogP contribution in [0.4, 0.5) is 11.4 Å². The second-order valence-corrected chi connectivity index (χ2v) is 4.86. The van der Waals surface area contributed by atoms with Gasteiger partial charge in [-0.15, -0.1) is 0 Å². The van der Waals surface area contributed by atoms with Crippen molar-refractivity contribution in [1.29, 1.82) is 0 Å². The van der Waals surface area contributed by atoms with E-state index >= 15 is 0 Å². The number of nitrogens with zero attached hydrogens (tertiary/aromatic N) is 2. The summed E-state index contributed by atoms with van der Waals surface area (Å²) < 4.78 is 4.98. The molecular weight excluding hydrogens is 348 g/mol. The standard InChI is InChI=1S/C15H12N4O7/c1-26-11-4-2-3-9(7-11)14(20)16-17-15(21)12-6-5-10(18(22)23)8-13(12)19(24)25/h2-8H,1H3,(H,16,20)(H,17,21). The van der Waals surface area contributed by atoms with Crippen molar-refractivity contribution in [2.24, 2.45) is 0 Å². The first kappa shape index (κ1) is 18.3. The molecule has 2 aromatic rings. The molecule has 134 valence electrons. The number of nitro benzene ring substituents is 2. The molecule has 2 aromatic carbocycles. The van der Waals surface area contributed by atoms with Crippen molar-refractivity contribution < 1.29 is 24.2 Å². The van der Waals surface area contributed by atoms with E-state index in [2.05, 4.69) is 5.43 Å². The molecule has 2 rings (SSSR count). The summed E-state index contributed by atoms with van der Waals surface area (Å²) in [5.74, 6) is -1.25. The van der Waals surface area contributed by atoms with Crippen LogP contribution in [-0.2, 0) is 0 Å². The van der Waals surface area contributed by atoms with Crippen LogP contribution in [0, 0.1) is 20.2 Å². The second kappa shape index (κ2) is 7.70. The fraction of sp³-hybridized carbons (Fsp3) is 0.0667. The maximum Gasteiger partial charge on any atom is 0.289 e. The van der Waals surface area contributed by atoms with E-state index in [-0.39, 0.29) is 5.56 Å². The maximum absolute atomic E-state index is 12.1. The summed E-state index contributed by atoms with van der Waals surface area (Å²) in [5.41, 5.74) is 2.58. The Morgan fingerprint density at radius 2 is 1.65 bits per heavy atom. The second-order valence-electron chi connectivity index (χ2n) is 4.86. The number of carbonyl (C=O) groups is 2. The van der Waals surface area contributed by atoms with Crippen LogP contribution in [0.15, 0.2) is 42.5 Å². The highest BCUT2D eigenvalue weighted by Crippen LogP contribution is 2.24. The number of benzene rings is 2. The highest BCUT2D eigenvalue weighted by Gasteiger charge is 2.24. The Hall–Kier alpha value is -4.02. The summed E-state index contributed by atoms with van der Waals surface area (Å²) >= 11 is 0. The Balaban J connectivity index is 2.15. The van der Waals surface area contributed by atoms with Crippen molar-refractivity contribution >= 4 is 23.2 Å². The fourth-order valence-electron chi connectivity index (χ4n) is 1.99. The van der Waals surface area contributed by atoms with Gasteiger partial charge in [0.1, 0.15) is 11.3 Å². The number of nitro groups is 2. The molecule has 0 heterocycles. The molecular formula is C15H12N4O7. The summed E-state index contributed by atoms with van der Waals surface area (Å²) in [6.07, 6.45) is 0. The highest BCUT2D eigenvalue weighted by molar-refractivity contribution is 6.01. The fourth-order valence-corrected chi connectivity index (χ4v) is 1.99. The first-order valence-electron chi connectivity index (χ1n) is 7.01. The minimum atomic E-state index is -0.997. The van der Waals surface area contributed by atoms with Crippen molar-refractivity contribution in [1.82, 2.24) is 10.9 Å². The van der Waals surface area contributed by atoms with E-state index in [0.29, 0.717) is 11.8 Å². The van der Waals surface area contributed by atoms with Gasteiger partial charge in [0.05, 0.1) is 23.0 Å². The van der Waals surface area contributed by atoms with Gasteiger partial charge >= 0.3 is 0 Å². The predicted molar refractivity (Wildman–Crippen MR) is 87.7 cm³/mol. The van der Waals surface area contributed by atoms with E-state index in [1.54, 1.807) is 12.1 Å². The smallest absolute Gasteiger partial charge is 0.289 e. The Morgan fingerprint density at radius 1 is 0.962 bits per heavy atom. The van der Waals surface area contributed by atoms with E-state index < -0.39 is 38.6 Å². The third-order valence-corrected chi connectivity index (χ3v) is 3.25. The van der Waals surface area contributed by atoms with Gasteiger partial charge in [-0.05, 0) is 24.3 Å². The van der Waals surface area contributed by atoms with Crippen LogP contribution in [0.2, 0.25) is 0 Å². The van der Waals surface area contributed by atoms with Gasteiger partial charge in [-0.3, -0.25) is 40.7 Å². The number of rotatable bonds is 5. The normalized spacial score (nSPS) is 9.88. The number of ether oxygens (including phenoxy) is 1. The summed E-state index contributed by atoms with van der Waals surface area (Å²) in [5, 5.41) is 21.7. The number of non-ortho nitro benzene ring substituents is 1. The summed E-state index contributed by atoms with van der Waals surface area (Å²) in [6.45, 7) is 0. The first-order valence-corrected chi connectivity index (χ1v) is 7.01. The number of hydrogen-bond donors (Lipinski definition) is 2. The molecule has 0 fully saturated rings. The van der Waals surface area contributed by atoms with Gasteiger partial charge in [0, 0.05) is 11.6 Å². The molecule has 0 bridgehead atoms. The summed E-state index contributed by atoms with van der Waals surface area (Å²) in [7, 11) is 1.42. The molecule has 26 heavy (non-hydrogen) atoms. The van der Waals surface area contributed by atoms with E-state index in [1.165, 1.54) is 19.2 Å². The zero-order valence-corrected chi connectivity index (χ0v) is 13.3. The molecule has 0 aliphatic rings. The van der Waals surface area contributed by atoms with Crippen LogP contribution in [-0.4, -0.2) is 28.8 Å². The minimum Gasteiger partial charge on any atom is -0.497 e. The van der Waals surface area contributed by atoms with Crippen LogP contribution in [0.5, 0.6) is 5.75 Å². The van der Waals surface area contributed by atoms with Crippen LogP contribution in [0.1, 0.15) is 20.7 Å². The molecule has 0 aliphatic carbocycles. The molecule has 0 radical (unpaired) electrons. The third-order valence-electron chi connectivity index (χ3n) is 3.25. The number of carbonyl (C=O) groups excluding carboxylic acids is 2. The Morgan fingerprint density at radius 3 is 2.27 bits per heavy atom. The first-order chi connectivity index (χ1) is 12.3. The predicted octanol–water partition coefficient (Wildman–Crippen LogP) is 1.59. The lowest BCUT2D eigenvalue weighted by molar-refractivity contribution is -0.394. The summed E-state index contributed by atoms with van der Waals surface area (Å²) in [4.78, 5) is 44.1. The van der Waals surface area contributed by atoms with Crippen molar-refractivity contribution in [2.75, 3.05) is 7.11 Å². The van der Waals surface area contributed by atoms with E-state index in [9.17, 15) is 29.8 Å². The SMILES string of the molecule is COc1cccc(C(=O)NNC(=O)c2ccc([N+](=O)[O-])cc2[N+](=O)[O-])c1. The lowest BCUT2D eigenvalue weighted by Crippen LogP contribution is -2.41. The molecule has 0 saturated carbocycles. The monoisotopic (exact) mass is 360 g/mol. The molecule has 0 spiro atoms. The number of amides is 2. The van der Waals surface area contributed by atoms with Crippen LogP contribution in [0.25, 0.3) is 0 Å². The average Bonchev–Trinajstić information content (AvgIpc) is 2.65. The molecule has 0 aromatic heterocycles. The zero-order chi connectivity index (χ0) is 19.3. The quantitative estimate of drug-likeness (QED) is 0.606. The molecule has 2 amide bonds. The molecule has 11 nitrogen and oxygen atoms in total. The Kier molecular flexibility index (Phi) is 5.43. The van der Waals surface area contributed by atoms with Crippen LogP contribution < -0.4 is 15.6 Å². The number of nitrogens with one attached hydrogen (secondary N) is 2. The van der Waals surface area contributed by atoms with Crippen molar-refractivity contribution in [3.63, 3.8) is 0 Å². The van der Waals surface area contributed by atoms with E-state index in [4.69, 9.17) is 4.74 Å². The Labute approximate surface area is 145 Å². The largest absolute Gasteiger partial charge is 0.497 e. The maximum atomic E-state index is 12.1. The van der Waals surface area contributed by atoms with E-state index in [0.717, 1.165) is 12.1 Å². The number of hydrazine groups is 1. The molecule has 0 saturated heterocycles. The van der Waals surface area contributed by atoms with E-state index in [1.807, 2.05) is 5.43 Å². The van der Waals surface area contributed by atoms with Gasteiger partial charge in [0.15, 0.2) is 0 Å². The average molecular weight is 360 g/mol. The third kappa shape index (κ3) is 4.08. The topological polar surface area (TPSA) is 154 Å².